The SMILES string of the molecule is COC(C)(OC)c1ccccc1I. The van der Waals surface area contributed by atoms with Crippen LogP contribution in [-0.4, -0.2) is 14.2 Å². The molecule has 0 N–H and O–H groups in total. The summed E-state index contributed by atoms with van der Waals surface area (Å²) in [4.78, 5) is 0. The molecule has 0 aliphatic carbocycles. The maximum absolute atomic E-state index is 5.33. The lowest BCUT2D eigenvalue weighted by Gasteiger charge is -2.27. The van der Waals surface area contributed by atoms with E-state index in [1.54, 1.807) is 14.2 Å². The Kier molecular flexibility index (Phi) is 3.70. The minimum absolute atomic E-state index is 0.641. The lowest BCUT2D eigenvalue weighted by Crippen LogP contribution is -2.27. The molecule has 1 aromatic carbocycles. The Labute approximate surface area is 92.4 Å². The summed E-state index contributed by atoms with van der Waals surface area (Å²) in [6, 6.07) is 8.02. The molecule has 72 valence electrons. The average Bonchev–Trinajstić information content (AvgIpc) is 2.17. The van der Waals surface area contributed by atoms with Crippen LogP contribution in [-0.2, 0) is 15.3 Å². The highest BCUT2D eigenvalue weighted by Gasteiger charge is 2.27. The van der Waals surface area contributed by atoms with Crippen molar-refractivity contribution in [2.24, 2.45) is 0 Å². The zero-order valence-electron chi connectivity index (χ0n) is 8.00. The van der Waals surface area contributed by atoms with Crippen LogP contribution in [0, 0.1) is 3.57 Å². The highest BCUT2D eigenvalue weighted by atomic mass is 127. The van der Waals surface area contributed by atoms with Crippen LogP contribution in [0.4, 0.5) is 0 Å². The Morgan fingerprint density at radius 3 is 2.15 bits per heavy atom. The number of ether oxygens (including phenoxy) is 2. The molecule has 1 aromatic rings. The zero-order valence-corrected chi connectivity index (χ0v) is 10.2. The van der Waals surface area contributed by atoms with Gasteiger partial charge in [-0.05, 0) is 35.6 Å². The van der Waals surface area contributed by atoms with Crippen molar-refractivity contribution in [2.75, 3.05) is 14.2 Å². The first-order valence-corrected chi connectivity index (χ1v) is 5.07. The van der Waals surface area contributed by atoms with E-state index in [-0.39, 0.29) is 0 Å². The van der Waals surface area contributed by atoms with E-state index >= 15 is 0 Å². The van der Waals surface area contributed by atoms with Gasteiger partial charge in [-0.25, -0.2) is 0 Å². The van der Waals surface area contributed by atoms with E-state index in [2.05, 4.69) is 22.6 Å². The van der Waals surface area contributed by atoms with Gasteiger partial charge in [-0.2, -0.15) is 0 Å². The number of rotatable bonds is 3. The molecule has 0 fully saturated rings. The van der Waals surface area contributed by atoms with Crippen molar-refractivity contribution < 1.29 is 9.47 Å². The molecule has 0 aliphatic rings. The van der Waals surface area contributed by atoms with Crippen LogP contribution in [0.15, 0.2) is 24.3 Å². The summed E-state index contributed by atoms with van der Waals surface area (Å²) < 4.78 is 11.8. The number of methoxy groups -OCH3 is 2. The van der Waals surface area contributed by atoms with E-state index in [0.717, 1.165) is 9.13 Å². The second-order valence-corrected chi connectivity index (χ2v) is 4.00. The quantitative estimate of drug-likeness (QED) is 0.630. The Bertz CT molecular complexity index is 282. The fourth-order valence-corrected chi connectivity index (χ4v) is 2.01. The van der Waals surface area contributed by atoms with E-state index in [4.69, 9.17) is 9.47 Å². The van der Waals surface area contributed by atoms with E-state index in [1.165, 1.54) is 0 Å². The summed E-state index contributed by atoms with van der Waals surface area (Å²) in [6.45, 7) is 1.91. The molecule has 2 nitrogen and oxygen atoms in total. The number of halogens is 1. The van der Waals surface area contributed by atoms with Gasteiger partial charge in [0.05, 0.1) is 0 Å². The lowest BCUT2D eigenvalue weighted by molar-refractivity contribution is -0.202. The van der Waals surface area contributed by atoms with Gasteiger partial charge in [0.1, 0.15) is 0 Å². The van der Waals surface area contributed by atoms with Gasteiger partial charge in [0.2, 0.25) is 0 Å². The fourth-order valence-electron chi connectivity index (χ4n) is 1.13. The molecule has 0 unspecified atom stereocenters. The third kappa shape index (κ3) is 2.21. The summed E-state index contributed by atoms with van der Waals surface area (Å²) in [5.74, 6) is -0.641. The van der Waals surface area contributed by atoms with Crippen molar-refractivity contribution >= 4 is 22.6 Å². The fraction of sp³-hybridized carbons (Fsp3) is 0.400. The molecule has 0 saturated carbocycles. The van der Waals surface area contributed by atoms with Crippen LogP contribution in [0.1, 0.15) is 12.5 Å². The van der Waals surface area contributed by atoms with Crippen molar-refractivity contribution in [3.8, 4) is 0 Å². The van der Waals surface area contributed by atoms with Crippen molar-refractivity contribution in [1.29, 1.82) is 0 Å². The van der Waals surface area contributed by atoms with Crippen molar-refractivity contribution in [2.45, 2.75) is 12.7 Å². The summed E-state index contributed by atoms with van der Waals surface area (Å²) in [6.07, 6.45) is 0. The molecule has 0 radical (unpaired) electrons. The minimum atomic E-state index is -0.641. The summed E-state index contributed by atoms with van der Waals surface area (Å²) in [5, 5.41) is 0. The van der Waals surface area contributed by atoms with Gasteiger partial charge in [0.15, 0.2) is 5.79 Å². The Morgan fingerprint density at radius 2 is 1.69 bits per heavy atom. The summed E-state index contributed by atoms with van der Waals surface area (Å²) in [5.41, 5.74) is 1.06. The molecular formula is C10H13IO2. The topological polar surface area (TPSA) is 18.5 Å². The molecule has 0 amide bonds. The first-order chi connectivity index (χ1) is 6.14. The highest BCUT2D eigenvalue weighted by molar-refractivity contribution is 14.1. The molecule has 0 bridgehead atoms. The Hall–Kier alpha value is -0.130. The van der Waals surface area contributed by atoms with Crippen molar-refractivity contribution in [1.82, 2.24) is 0 Å². The van der Waals surface area contributed by atoms with Crippen LogP contribution >= 0.6 is 22.6 Å². The van der Waals surface area contributed by atoms with Gasteiger partial charge < -0.3 is 9.47 Å². The normalized spacial score (nSPS) is 11.7. The number of benzene rings is 1. The molecule has 0 aliphatic heterocycles. The summed E-state index contributed by atoms with van der Waals surface area (Å²) >= 11 is 2.27. The van der Waals surface area contributed by atoms with E-state index in [1.807, 2.05) is 31.2 Å². The number of hydrogen-bond acceptors (Lipinski definition) is 2. The van der Waals surface area contributed by atoms with E-state index in [0.29, 0.717) is 0 Å². The highest BCUT2D eigenvalue weighted by Crippen LogP contribution is 2.28. The smallest absolute Gasteiger partial charge is 0.192 e. The third-order valence-electron chi connectivity index (χ3n) is 2.14. The van der Waals surface area contributed by atoms with Gasteiger partial charge in [-0.1, -0.05) is 18.2 Å². The van der Waals surface area contributed by atoms with Crippen LogP contribution in [0.3, 0.4) is 0 Å². The van der Waals surface area contributed by atoms with E-state index < -0.39 is 5.79 Å². The predicted molar refractivity (Wildman–Crippen MR) is 60.5 cm³/mol. The minimum Gasteiger partial charge on any atom is -0.349 e. The standard InChI is InChI=1S/C10H13IO2/c1-10(12-2,13-3)8-6-4-5-7-9(8)11/h4-7H,1-3H3. The average molecular weight is 292 g/mol. The molecule has 0 spiro atoms. The molecule has 0 aromatic heterocycles. The first kappa shape index (κ1) is 10.9. The zero-order chi connectivity index (χ0) is 9.90. The molecule has 1 rings (SSSR count). The van der Waals surface area contributed by atoms with Crippen LogP contribution < -0.4 is 0 Å². The molecular weight excluding hydrogens is 279 g/mol. The third-order valence-corrected chi connectivity index (χ3v) is 3.08. The second kappa shape index (κ2) is 4.39. The van der Waals surface area contributed by atoms with E-state index in [9.17, 15) is 0 Å². The monoisotopic (exact) mass is 292 g/mol. The largest absolute Gasteiger partial charge is 0.349 e. The molecule has 3 heteroatoms. The lowest BCUT2D eigenvalue weighted by atomic mass is 10.1. The van der Waals surface area contributed by atoms with Crippen LogP contribution in [0.2, 0.25) is 0 Å². The van der Waals surface area contributed by atoms with Gasteiger partial charge in [0.25, 0.3) is 0 Å². The molecule has 0 heterocycles. The summed E-state index contributed by atoms with van der Waals surface area (Å²) in [7, 11) is 3.29. The van der Waals surface area contributed by atoms with Crippen LogP contribution in [0.5, 0.6) is 0 Å². The Morgan fingerprint density at radius 1 is 1.15 bits per heavy atom. The molecule has 13 heavy (non-hydrogen) atoms. The predicted octanol–water partition coefficient (Wildman–Crippen LogP) is 2.76. The molecule has 0 atom stereocenters. The maximum atomic E-state index is 5.33. The maximum Gasteiger partial charge on any atom is 0.192 e. The Balaban J connectivity index is 3.12. The van der Waals surface area contributed by atoms with Gasteiger partial charge in [-0.3, -0.25) is 0 Å². The van der Waals surface area contributed by atoms with Gasteiger partial charge in [-0.15, -0.1) is 0 Å². The van der Waals surface area contributed by atoms with Crippen molar-refractivity contribution in [3.05, 3.63) is 33.4 Å². The van der Waals surface area contributed by atoms with Crippen molar-refractivity contribution in [3.63, 3.8) is 0 Å². The van der Waals surface area contributed by atoms with Crippen LogP contribution in [0.25, 0.3) is 0 Å². The van der Waals surface area contributed by atoms with Gasteiger partial charge in [0, 0.05) is 23.4 Å². The second-order valence-electron chi connectivity index (χ2n) is 2.83. The van der Waals surface area contributed by atoms with Gasteiger partial charge >= 0.3 is 0 Å². The number of hydrogen-bond donors (Lipinski definition) is 0. The first-order valence-electron chi connectivity index (χ1n) is 3.99. The molecule has 0 saturated heterocycles.